The second-order valence-electron chi connectivity index (χ2n) is 7.14. The number of benzene rings is 1. The van der Waals surface area contributed by atoms with Crippen molar-refractivity contribution >= 4 is 11.8 Å². The molecule has 1 aliphatic heterocycles. The van der Waals surface area contributed by atoms with E-state index in [4.69, 9.17) is 9.47 Å². The molecule has 6 nitrogen and oxygen atoms in total. The minimum atomic E-state index is -0.855. The molecule has 1 aliphatic rings. The van der Waals surface area contributed by atoms with E-state index in [1.54, 1.807) is 6.07 Å². The first-order valence-electron chi connectivity index (χ1n) is 9.77. The first-order valence-corrected chi connectivity index (χ1v) is 9.77. The minimum absolute atomic E-state index is 0.105. The molecule has 0 saturated carbocycles. The molecule has 6 heteroatoms. The van der Waals surface area contributed by atoms with E-state index < -0.39 is 12.1 Å². The summed E-state index contributed by atoms with van der Waals surface area (Å²) in [7, 11) is 1.51. The highest BCUT2D eigenvalue weighted by Gasteiger charge is 2.29. The summed E-state index contributed by atoms with van der Waals surface area (Å²) in [5.74, 6) is -0.256. The van der Waals surface area contributed by atoms with Crippen LogP contribution in [0.2, 0.25) is 0 Å². The van der Waals surface area contributed by atoms with E-state index in [-0.39, 0.29) is 23.2 Å². The summed E-state index contributed by atoms with van der Waals surface area (Å²) >= 11 is 0. The monoisotopic (exact) mass is 378 g/mol. The summed E-state index contributed by atoms with van der Waals surface area (Å²) in [6, 6.07) is 3.15. The Morgan fingerprint density at radius 2 is 2.07 bits per heavy atom. The topological polar surface area (TPSA) is 93.1 Å². The minimum Gasteiger partial charge on any atom is -0.507 e. The van der Waals surface area contributed by atoms with E-state index in [0.29, 0.717) is 37.9 Å². The Labute approximate surface area is 160 Å². The number of methoxy groups -OCH3 is 1. The quantitative estimate of drug-likeness (QED) is 0.452. The SMILES string of the molecule is CCCCCC(O)C(=O)CCCC[C@@H]1Cc2cc(OC)cc(O)c2C(=O)O1. The van der Waals surface area contributed by atoms with Gasteiger partial charge in [-0.1, -0.05) is 26.2 Å². The van der Waals surface area contributed by atoms with Crippen molar-refractivity contribution in [2.24, 2.45) is 0 Å². The molecule has 0 saturated heterocycles. The number of rotatable bonds is 11. The maximum absolute atomic E-state index is 12.2. The highest BCUT2D eigenvalue weighted by molar-refractivity contribution is 5.95. The fourth-order valence-corrected chi connectivity index (χ4v) is 3.42. The van der Waals surface area contributed by atoms with Crippen molar-refractivity contribution in [3.63, 3.8) is 0 Å². The number of carbonyl (C=O) groups excluding carboxylic acids is 2. The van der Waals surface area contributed by atoms with Crippen molar-refractivity contribution in [1.82, 2.24) is 0 Å². The van der Waals surface area contributed by atoms with Gasteiger partial charge in [-0.25, -0.2) is 4.79 Å². The standard InChI is InChI=1S/C21H30O6/c1-3-4-5-9-17(22)18(23)10-7-6-8-15-11-14-12-16(26-2)13-19(24)20(14)21(25)27-15/h12-13,15,17,22,24H,3-11H2,1-2H3/t15-,17?/m1/s1. The van der Waals surface area contributed by atoms with Crippen LogP contribution < -0.4 is 4.74 Å². The van der Waals surface area contributed by atoms with Gasteiger partial charge < -0.3 is 19.7 Å². The van der Waals surface area contributed by atoms with Crippen molar-refractivity contribution in [2.45, 2.75) is 76.9 Å². The summed E-state index contributed by atoms with van der Waals surface area (Å²) in [6.45, 7) is 2.09. The maximum atomic E-state index is 12.2. The van der Waals surface area contributed by atoms with E-state index in [2.05, 4.69) is 6.92 Å². The van der Waals surface area contributed by atoms with Crippen molar-refractivity contribution < 1.29 is 29.3 Å². The molecule has 0 fully saturated rings. The van der Waals surface area contributed by atoms with E-state index in [1.807, 2.05) is 0 Å². The summed E-state index contributed by atoms with van der Waals surface area (Å²) in [6.07, 6.45) is 5.26. The van der Waals surface area contributed by atoms with Crippen LogP contribution in [0.15, 0.2) is 12.1 Å². The molecular formula is C21H30O6. The Morgan fingerprint density at radius 3 is 2.78 bits per heavy atom. The third-order valence-electron chi connectivity index (χ3n) is 4.99. The lowest BCUT2D eigenvalue weighted by molar-refractivity contribution is -0.127. The van der Waals surface area contributed by atoms with Crippen LogP contribution in [0.4, 0.5) is 0 Å². The largest absolute Gasteiger partial charge is 0.507 e. The van der Waals surface area contributed by atoms with Crippen LogP contribution in [0.1, 0.15) is 74.2 Å². The molecule has 0 bridgehead atoms. The van der Waals surface area contributed by atoms with Crippen LogP contribution >= 0.6 is 0 Å². The fraction of sp³-hybridized carbons (Fsp3) is 0.619. The van der Waals surface area contributed by atoms with Gasteiger partial charge >= 0.3 is 5.97 Å². The Bertz CT molecular complexity index is 654. The second kappa shape index (κ2) is 10.3. The van der Waals surface area contributed by atoms with Crippen LogP contribution in [0, 0.1) is 0 Å². The van der Waals surface area contributed by atoms with Gasteiger partial charge in [-0.15, -0.1) is 0 Å². The number of hydrogen-bond acceptors (Lipinski definition) is 6. The number of hydrogen-bond donors (Lipinski definition) is 2. The van der Waals surface area contributed by atoms with Gasteiger partial charge in [0.25, 0.3) is 0 Å². The number of phenolic OH excluding ortho intramolecular Hbond substituents is 1. The van der Waals surface area contributed by atoms with Gasteiger partial charge in [0, 0.05) is 18.9 Å². The smallest absolute Gasteiger partial charge is 0.342 e. The third-order valence-corrected chi connectivity index (χ3v) is 4.99. The van der Waals surface area contributed by atoms with Crippen molar-refractivity contribution in [3.8, 4) is 11.5 Å². The van der Waals surface area contributed by atoms with Gasteiger partial charge in [-0.05, 0) is 37.3 Å². The van der Waals surface area contributed by atoms with Gasteiger partial charge in [-0.3, -0.25) is 4.79 Å². The molecule has 0 radical (unpaired) electrons. The summed E-state index contributed by atoms with van der Waals surface area (Å²) in [5, 5.41) is 19.8. The highest BCUT2D eigenvalue weighted by Crippen LogP contribution is 2.33. The molecule has 150 valence electrons. The molecule has 1 aromatic rings. The number of esters is 1. The molecule has 0 spiro atoms. The zero-order valence-electron chi connectivity index (χ0n) is 16.2. The van der Waals surface area contributed by atoms with Gasteiger partial charge in [0.05, 0.1) is 7.11 Å². The summed E-state index contributed by atoms with van der Waals surface area (Å²) in [5.41, 5.74) is 0.924. The number of cyclic esters (lactones) is 1. The average molecular weight is 378 g/mol. The van der Waals surface area contributed by atoms with Crippen LogP contribution in [-0.4, -0.2) is 41.3 Å². The third kappa shape index (κ3) is 5.96. The van der Waals surface area contributed by atoms with E-state index >= 15 is 0 Å². The number of fused-ring (bicyclic) bond motifs is 1. The maximum Gasteiger partial charge on any atom is 0.342 e. The molecule has 0 amide bonds. The summed E-state index contributed by atoms with van der Waals surface area (Å²) in [4.78, 5) is 24.1. The lowest BCUT2D eigenvalue weighted by atomic mass is 9.94. The Kier molecular flexibility index (Phi) is 8.10. The van der Waals surface area contributed by atoms with Crippen LogP contribution in [0.5, 0.6) is 11.5 Å². The Balaban J connectivity index is 1.78. The number of aliphatic hydroxyl groups is 1. The zero-order chi connectivity index (χ0) is 19.8. The Morgan fingerprint density at radius 1 is 1.30 bits per heavy atom. The first-order chi connectivity index (χ1) is 13.0. The van der Waals surface area contributed by atoms with E-state index in [1.165, 1.54) is 13.2 Å². The van der Waals surface area contributed by atoms with Crippen LogP contribution in [0.3, 0.4) is 0 Å². The predicted molar refractivity (Wildman–Crippen MR) is 101 cm³/mol. The number of ketones is 1. The van der Waals surface area contributed by atoms with E-state index in [9.17, 15) is 19.8 Å². The zero-order valence-corrected chi connectivity index (χ0v) is 16.2. The van der Waals surface area contributed by atoms with Crippen LogP contribution in [0.25, 0.3) is 0 Å². The van der Waals surface area contributed by atoms with Gasteiger partial charge in [0.15, 0.2) is 5.78 Å². The molecule has 0 aliphatic carbocycles. The number of unbranched alkanes of at least 4 members (excludes halogenated alkanes) is 3. The van der Waals surface area contributed by atoms with Gasteiger partial charge in [0.1, 0.15) is 29.3 Å². The average Bonchev–Trinajstić information content (AvgIpc) is 2.64. The fourth-order valence-electron chi connectivity index (χ4n) is 3.42. The molecule has 27 heavy (non-hydrogen) atoms. The predicted octanol–water partition coefficient (Wildman–Crippen LogP) is 3.55. The molecule has 2 rings (SSSR count). The molecule has 1 heterocycles. The molecule has 1 unspecified atom stereocenters. The molecule has 2 N–H and O–H groups in total. The number of Topliss-reactive ketones (excluding diaryl/α,β-unsaturated/α-hetero) is 1. The molecule has 1 aromatic carbocycles. The van der Waals surface area contributed by atoms with Crippen molar-refractivity contribution in [2.75, 3.05) is 7.11 Å². The van der Waals surface area contributed by atoms with Gasteiger partial charge in [0.2, 0.25) is 0 Å². The summed E-state index contributed by atoms with van der Waals surface area (Å²) < 4.78 is 10.6. The first kappa shape index (κ1) is 21.2. The Hall–Kier alpha value is -2.08. The van der Waals surface area contributed by atoms with E-state index in [0.717, 1.165) is 31.2 Å². The number of ether oxygens (including phenoxy) is 2. The van der Waals surface area contributed by atoms with Crippen molar-refractivity contribution in [3.05, 3.63) is 23.3 Å². The normalized spacial score (nSPS) is 17.1. The number of phenols is 1. The molecular weight excluding hydrogens is 348 g/mol. The number of aromatic hydroxyl groups is 1. The molecule has 2 atom stereocenters. The second-order valence-corrected chi connectivity index (χ2v) is 7.14. The lowest BCUT2D eigenvalue weighted by Gasteiger charge is -2.25. The van der Waals surface area contributed by atoms with Crippen LogP contribution in [-0.2, 0) is 16.0 Å². The molecule has 0 aromatic heterocycles. The highest BCUT2D eigenvalue weighted by atomic mass is 16.5. The van der Waals surface area contributed by atoms with Crippen molar-refractivity contribution in [1.29, 1.82) is 0 Å². The van der Waals surface area contributed by atoms with Gasteiger partial charge in [-0.2, -0.15) is 0 Å². The number of carbonyl (C=O) groups is 2. The lowest BCUT2D eigenvalue weighted by Crippen LogP contribution is -2.28. The number of aliphatic hydroxyl groups excluding tert-OH is 1.